The van der Waals surface area contributed by atoms with Gasteiger partial charge in [-0.05, 0) is 30.4 Å². The summed E-state index contributed by atoms with van der Waals surface area (Å²) in [6.07, 6.45) is 1.55. The van der Waals surface area contributed by atoms with Crippen molar-refractivity contribution in [3.63, 3.8) is 0 Å². The summed E-state index contributed by atoms with van der Waals surface area (Å²) >= 11 is 17.1. The van der Waals surface area contributed by atoms with Crippen LogP contribution >= 0.6 is 35.4 Å². The van der Waals surface area contributed by atoms with Crippen LogP contribution in [-0.2, 0) is 0 Å². The van der Waals surface area contributed by atoms with Gasteiger partial charge >= 0.3 is 0 Å². The number of nitrogens with one attached hydrogen (secondary N) is 2. The third kappa shape index (κ3) is 4.59. The zero-order valence-electron chi connectivity index (χ0n) is 11.6. The van der Waals surface area contributed by atoms with Crippen LogP contribution in [0.2, 0.25) is 10.0 Å². The summed E-state index contributed by atoms with van der Waals surface area (Å²) in [6.45, 7) is 0. The van der Waals surface area contributed by atoms with E-state index in [9.17, 15) is 0 Å². The summed E-state index contributed by atoms with van der Waals surface area (Å²) < 4.78 is 5.14. The summed E-state index contributed by atoms with van der Waals surface area (Å²) in [4.78, 5) is 0. The maximum atomic E-state index is 6.06. The lowest BCUT2D eigenvalue weighted by atomic mass is 10.2. The van der Waals surface area contributed by atoms with E-state index in [1.165, 1.54) is 0 Å². The maximum absolute atomic E-state index is 6.06. The van der Waals surface area contributed by atoms with Gasteiger partial charge in [0.05, 0.1) is 23.4 Å². The molecule has 114 valence electrons. The van der Waals surface area contributed by atoms with Gasteiger partial charge in [0, 0.05) is 17.3 Å². The van der Waals surface area contributed by atoms with Crippen LogP contribution in [0.1, 0.15) is 5.56 Å². The lowest BCUT2D eigenvalue weighted by Crippen LogP contribution is -2.23. The number of nitrogens with zero attached hydrogens (tertiary/aromatic N) is 1. The molecule has 0 saturated heterocycles. The third-order valence-corrected chi connectivity index (χ3v) is 3.71. The van der Waals surface area contributed by atoms with Crippen molar-refractivity contribution < 1.29 is 4.74 Å². The number of hydrogen-bond donors (Lipinski definition) is 2. The normalized spacial score (nSPS) is 10.5. The minimum absolute atomic E-state index is 0.350. The molecule has 2 aromatic carbocycles. The molecule has 2 rings (SSSR count). The minimum atomic E-state index is 0.350. The number of thiocarbonyl (C=S) groups is 1. The Bertz CT molecular complexity index is 707. The standard InChI is InChI=1S/C15H13Cl2N3OS/c1-21-12-6-3-5-11(8-12)19-15(22)20-18-9-10-4-2-7-13(16)14(10)17/h2-9H,1H3,(H2,19,20,22)/b18-9-. The number of halogens is 2. The molecule has 0 spiro atoms. The van der Waals surface area contributed by atoms with Crippen molar-refractivity contribution in [2.24, 2.45) is 5.10 Å². The SMILES string of the molecule is COc1cccc(NC(=S)N/N=C\c2cccc(Cl)c2Cl)c1. The highest BCUT2D eigenvalue weighted by atomic mass is 35.5. The molecule has 0 aliphatic carbocycles. The first-order chi connectivity index (χ1) is 10.6. The quantitative estimate of drug-likeness (QED) is 0.488. The number of ether oxygens (including phenoxy) is 1. The number of hydrazone groups is 1. The van der Waals surface area contributed by atoms with E-state index >= 15 is 0 Å². The fourth-order valence-electron chi connectivity index (χ4n) is 1.64. The van der Waals surface area contributed by atoms with E-state index in [0.717, 1.165) is 11.4 Å². The van der Waals surface area contributed by atoms with Gasteiger partial charge in [0.25, 0.3) is 0 Å². The van der Waals surface area contributed by atoms with Crippen molar-refractivity contribution in [3.8, 4) is 5.75 Å². The lowest BCUT2D eigenvalue weighted by Gasteiger charge is -2.08. The Balaban J connectivity index is 1.95. The van der Waals surface area contributed by atoms with Crippen LogP contribution in [0.15, 0.2) is 47.6 Å². The van der Waals surface area contributed by atoms with Gasteiger partial charge in [0.15, 0.2) is 5.11 Å². The zero-order valence-corrected chi connectivity index (χ0v) is 14.0. The molecule has 2 N–H and O–H groups in total. The molecular weight excluding hydrogens is 341 g/mol. The van der Waals surface area contributed by atoms with Gasteiger partial charge in [-0.15, -0.1) is 0 Å². The van der Waals surface area contributed by atoms with Crippen LogP contribution in [-0.4, -0.2) is 18.4 Å². The molecule has 2 aromatic rings. The van der Waals surface area contributed by atoms with E-state index in [1.54, 1.807) is 31.5 Å². The zero-order chi connectivity index (χ0) is 15.9. The second-order valence-electron chi connectivity index (χ2n) is 4.20. The predicted octanol–water partition coefficient (Wildman–Crippen LogP) is 4.32. The first-order valence-corrected chi connectivity index (χ1v) is 7.44. The van der Waals surface area contributed by atoms with Crippen LogP contribution in [0.5, 0.6) is 5.75 Å². The van der Waals surface area contributed by atoms with Crippen molar-refractivity contribution in [1.29, 1.82) is 0 Å². The molecule has 0 saturated carbocycles. The van der Waals surface area contributed by atoms with Crippen LogP contribution in [0.4, 0.5) is 5.69 Å². The molecule has 0 aromatic heterocycles. The first kappa shape index (κ1) is 16.5. The molecular formula is C15H13Cl2N3OS. The minimum Gasteiger partial charge on any atom is -0.497 e. The largest absolute Gasteiger partial charge is 0.497 e. The van der Waals surface area contributed by atoms with E-state index in [2.05, 4.69) is 15.8 Å². The van der Waals surface area contributed by atoms with Gasteiger partial charge in [-0.1, -0.05) is 41.4 Å². The Morgan fingerprint density at radius 1 is 1.23 bits per heavy atom. The number of hydrogen-bond acceptors (Lipinski definition) is 3. The van der Waals surface area contributed by atoms with Crippen molar-refractivity contribution in [3.05, 3.63) is 58.1 Å². The number of methoxy groups -OCH3 is 1. The summed E-state index contributed by atoms with van der Waals surface area (Å²) in [5, 5.41) is 8.30. The molecule has 0 aliphatic heterocycles. The number of rotatable bonds is 4. The van der Waals surface area contributed by atoms with Crippen molar-refractivity contribution in [2.75, 3.05) is 12.4 Å². The average Bonchev–Trinajstić information content (AvgIpc) is 2.51. The fraction of sp³-hybridized carbons (Fsp3) is 0.0667. The number of anilines is 1. The summed E-state index contributed by atoms with van der Waals surface area (Å²) in [7, 11) is 1.61. The summed E-state index contributed by atoms with van der Waals surface area (Å²) in [6, 6.07) is 12.7. The molecule has 0 heterocycles. The smallest absolute Gasteiger partial charge is 0.191 e. The molecule has 7 heteroatoms. The Labute approximate surface area is 144 Å². The predicted molar refractivity (Wildman–Crippen MR) is 96.4 cm³/mol. The van der Waals surface area contributed by atoms with Crippen LogP contribution in [0.3, 0.4) is 0 Å². The molecule has 0 amide bonds. The summed E-state index contributed by atoms with van der Waals surface area (Å²) in [5.74, 6) is 0.738. The Morgan fingerprint density at radius 3 is 2.77 bits per heavy atom. The van der Waals surface area contributed by atoms with Gasteiger partial charge in [0.1, 0.15) is 5.75 Å². The molecule has 0 unspecified atom stereocenters. The van der Waals surface area contributed by atoms with Gasteiger partial charge in [-0.2, -0.15) is 5.10 Å². The van der Waals surface area contributed by atoms with E-state index in [-0.39, 0.29) is 0 Å². The topological polar surface area (TPSA) is 45.6 Å². The Morgan fingerprint density at radius 2 is 2.00 bits per heavy atom. The van der Waals surface area contributed by atoms with Crippen LogP contribution < -0.4 is 15.5 Å². The van der Waals surface area contributed by atoms with E-state index < -0.39 is 0 Å². The second kappa shape index (κ2) is 7.98. The van der Waals surface area contributed by atoms with E-state index in [4.69, 9.17) is 40.2 Å². The lowest BCUT2D eigenvalue weighted by molar-refractivity contribution is 0.415. The molecule has 0 radical (unpaired) electrons. The molecule has 22 heavy (non-hydrogen) atoms. The molecule has 0 aliphatic rings. The first-order valence-electron chi connectivity index (χ1n) is 6.28. The van der Waals surface area contributed by atoms with Crippen LogP contribution in [0, 0.1) is 0 Å². The second-order valence-corrected chi connectivity index (χ2v) is 5.39. The fourth-order valence-corrected chi connectivity index (χ4v) is 2.17. The third-order valence-electron chi connectivity index (χ3n) is 2.68. The average molecular weight is 354 g/mol. The monoisotopic (exact) mass is 353 g/mol. The highest BCUT2D eigenvalue weighted by molar-refractivity contribution is 7.80. The highest BCUT2D eigenvalue weighted by Gasteiger charge is 2.02. The van der Waals surface area contributed by atoms with Gasteiger partial charge in [-0.3, -0.25) is 5.43 Å². The molecule has 0 bridgehead atoms. The van der Waals surface area contributed by atoms with Gasteiger partial charge < -0.3 is 10.1 Å². The molecule has 4 nitrogen and oxygen atoms in total. The summed E-state index contributed by atoms with van der Waals surface area (Å²) in [5.41, 5.74) is 4.21. The van der Waals surface area contributed by atoms with E-state index in [0.29, 0.717) is 20.7 Å². The van der Waals surface area contributed by atoms with E-state index in [1.807, 2.05) is 24.3 Å². The maximum Gasteiger partial charge on any atom is 0.191 e. The number of benzene rings is 2. The van der Waals surface area contributed by atoms with Crippen molar-refractivity contribution in [2.45, 2.75) is 0 Å². The molecule has 0 atom stereocenters. The van der Waals surface area contributed by atoms with Crippen LogP contribution in [0.25, 0.3) is 0 Å². The Hall–Kier alpha value is -1.82. The Kier molecular flexibility index (Phi) is 6.00. The van der Waals surface area contributed by atoms with Crippen molar-refractivity contribution in [1.82, 2.24) is 5.43 Å². The molecule has 0 fully saturated rings. The van der Waals surface area contributed by atoms with Gasteiger partial charge in [0.2, 0.25) is 0 Å². The van der Waals surface area contributed by atoms with Crippen molar-refractivity contribution >= 4 is 52.4 Å². The highest BCUT2D eigenvalue weighted by Crippen LogP contribution is 2.24. The van der Waals surface area contributed by atoms with Gasteiger partial charge in [-0.25, -0.2) is 0 Å².